The van der Waals surface area contributed by atoms with Gasteiger partial charge in [-0.2, -0.15) is 5.10 Å². The minimum atomic E-state index is -3.01. The van der Waals surface area contributed by atoms with Crippen molar-refractivity contribution in [2.45, 2.75) is 64.6 Å². The highest BCUT2D eigenvalue weighted by molar-refractivity contribution is 7.91. The predicted octanol–water partition coefficient (Wildman–Crippen LogP) is 2.16. The monoisotopic (exact) mass is 419 g/mol. The highest BCUT2D eigenvalue weighted by Crippen LogP contribution is 2.42. The van der Waals surface area contributed by atoms with Crippen LogP contribution in [0.2, 0.25) is 0 Å². The quantitative estimate of drug-likeness (QED) is 0.774. The maximum Gasteiger partial charge on any atom is 0.272 e. The molecule has 4 rings (SSSR count). The number of nitrogens with one attached hydrogen (secondary N) is 1. The van der Waals surface area contributed by atoms with E-state index in [9.17, 15) is 13.2 Å². The summed E-state index contributed by atoms with van der Waals surface area (Å²) in [4.78, 5) is 17.1. The highest BCUT2D eigenvalue weighted by atomic mass is 32.2. The zero-order chi connectivity index (χ0) is 20.8. The molecule has 2 aliphatic rings. The van der Waals surface area contributed by atoms with E-state index >= 15 is 0 Å². The molecule has 0 spiro atoms. The van der Waals surface area contributed by atoms with Crippen LogP contribution >= 0.6 is 0 Å². The van der Waals surface area contributed by atoms with Crippen molar-refractivity contribution in [3.8, 4) is 0 Å². The number of imidazole rings is 1. The van der Waals surface area contributed by atoms with Crippen LogP contribution in [-0.2, 0) is 16.4 Å². The van der Waals surface area contributed by atoms with Crippen molar-refractivity contribution in [2.24, 2.45) is 5.41 Å². The Hall–Kier alpha value is -2.16. The van der Waals surface area contributed by atoms with Crippen LogP contribution in [-0.4, -0.2) is 51.2 Å². The summed E-state index contributed by atoms with van der Waals surface area (Å²) in [5, 5.41) is 7.71. The van der Waals surface area contributed by atoms with Crippen molar-refractivity contribution in [3.05, 3.63) is 36.2 Å². The molecule has 158 valence electrons. The molecule has 1 N–H and O–H groups in total. The summed E-state index contributed by atoms with van der Waals surface area (Å²) in [5.41, 5.74) is 1.22. The lowest BCUT2D eigenvalue weighted by Crippen LogP contribution is -2.46. The predicted molar refractivity (Wildman–Crippen MR) is 109 cm³/mol. The number of hydrogen-bond acceptors (Lipinski definition) is 5. The molecule has 1 aliphatic carbocycles. The Balaban J connectivity index is 1.55. The molecule has 8 nitrogen and oxygen atoms in total. The maximum absolute atomic E-state index is 13.1. The van der Waals surface area contributed by atoms with Crippen LogP contribution in [0.15, 0.2) is 24.8 Å². The van der Waals surface area contributed by atoms with Gasteiger partial charge in [-0.05, 0) is 30.7 Å². The Labute approximate surface area is 171 Å². The third-order valence-corrected chi connectivity index (χ3v) is 7.60. The van der Waals surface area contributed by atoms with Crippen molar-refractivity contribution in [2.75, 3.05) is 11.5 Å². The van der Waals surface area contributed by atoms with Gasteiger partial charge in [0, 0.05) is 30.6 Å². The summed E-state index contributed by atoms with van der Waals surface area (Å²) in [6.45, 7) is 6.89. The Morgan fingerprint density at radius 3 is 2.62 bits per heavy atom. The van der Waals surface area contributed by atoms with E-state index in [4.69, 9.17) is 0 Å². The Morgan fingerprint density at radius 1 is 1.31 bits per heavy atom. The second kappa shape index (κ2) is 7.27. The van der Waals surface area contributed by atoms with E-state index in [1.165, 1.54) is 0 Å². The summed E-state index contributed by atoms with van der Waals surface area (Å²) in [6.07, 6.45) is 8.04. The summed E-state index contributed by atoms with van der Waals surface area (Å²) in [5.74, 6) is 0.476. The van der Waals surface area contributed by atoms with Crippen LogP contribution < -0.4 is 5.32 Å². The lowest BCUT2D eigenvalue weighted by molar-refractivity contribution is 0.0886. The molecular formula is C20H29N5O3S. The molecule has 2 atom stereocenters. The fraction of sp³-hybridized carbons (Fsp3) is 0.650. The molecule has 2 fully saturated rings. The number of amides is 1. The number of nitrogens with zero attached hydrogens (tertiary/aromatic N) is 4. The molecule has 0 radical (unpaired) electrons. The first-order valence-electron chi connectivity index (χ1n) is 10.2. The third kappa shape index (κ3) is 4.55. The van der Waals surface area contributed by atoms with E-state index in [0.29, 0.717) is 24.6 Å². The first-order valence-corrected chi connectivity index (χ1v) is 12.0. The van der Waals surface area contributed by atoms with Gasteiger partial charge in [-0.3, -0.25) is 9.48 Å². The SMILES string of the molecule is CC(C)(C)[C@H](Cn1ccnc1)NC(=O)c1cc(C2CC2)n([C@H]2CCS(=O)(=O)C2)n1. The highest BCUT2D eigenvalue weighted by Gasteiger charge is 2.36. The first-order chi connectivity index (χ1) is 13.6. The van der Waals surface area contributed by atoms with Crippen molar-refractivity contribution in [1.82, 2.24) is 24.6 Å². The summed E-state index contributed by atoms with van der Waals surface area (Å²) in [7, 11) is -3.01. The fourth-order valence-electron chi connectivity index (χ4n) is 3.84. The molecular weight excluding hydrogens is 390 g/mol. The molecule has 2 aromatic heterocycles. The molecule has 29 heavy (non-hydrogen) atoms. The van der Waals surface area contributed by atoms with Crippen molar-refractivity contribution < 1.29 is 13.2 Å². The molecule has 1 amide bonds. The minimum Gasteiger partial charge on any atom is -0.346 e. The number of hydrogen-bond donors (Lipinski definition) is 1. The van der Waals surface area contributed by atoms with Crippen LogP contribution in [0.3, 0.4) is 0 Å². The van der Waals surface area contributed by atoms with Gasteiger partial charge in [-0.25, -0.2) is 13.4 Å². The minimum absolute atomic E-state index is 0.106. The molecule has 0 bridgehead atoms. The maximum atomic E-state index is 13.1. The van der Waals surface area contributed by atoms with Gasteiger partial charge in [0.25, 0.3) is 5.91 Å². The average Bonchev–Trinajstić information content (AvgIpc) is 3.04. The molecule has 3 heterocycles. The van der Waals surface area contributed by atoms with E-state index in [2.05, 4.69) is 36.2 Å². The van der Waals surface area contributed by atoms with E-state index in [1.807, 2.05) is 21.5 Å². The second-order valence-electron chi connectivity index (χ2n) is 9.38. The van der Waals surface area contributed by atoms with Crippen molar-refractivity contribution in [1.29, 1.82) is 0 Å². The number of carbonyl (C=O) groups excluding carboxylic acids is 1. The molecule has 1 saturated heterocycles. The lowest BCUT2D eigenvalue weighted by atomic mass is 9.86. The third-order valence-electron chi connectivity index (χ3n) is 5.85. The summed E-state index contributed by atoms with van der Waals surface area (Å²) >= 11 is 0. The van der Waals surface area contributed by atoms with Crippen LogP contribution in [0, 0.1) is 5.41 Å². The topological polar surface area (TPSA) is 98.9 Å². The summed E-state index contributed by atoms with van der Waals surface area (Å²) in [6, 6.07) is 1.58. The lowest BCUT2D eigenvalue weighted by Gasteiger charge is -2.31. The second-order valence-corrected chi connectivity index (χ2v) is 11.6. The van der Waals surface area contributed by atoms with Crippen LogP contribution in [0.25, 0.3) is 0 Å². The largest absolute Gasteiger partial charge is 0.346 e. The molecule has 0 aromatic carbocycles. The van der Waals surface area contributed by atoms with Gasteiger partial charge >= 0.3 is 0 Å². The average molecular weight is 420 g/mol. The van der Waals surface area contributed by atoms with Crippen LogP contribution in [0.1, 0.15) is 68.2 Å². The van der Waals surface area contributed by atoms with Crippen LogP contribution in [0.5, 0.6) is 0 Å². The van der Waals surface area contributed by atoms with Gasteiger partial charge in [0.05, 0.1) is 29.9 Å². The van der Waals surface area contributed by atoms with Gasteiger partial charge < -0.3 is 9.88 Å². The molecule has 1 saturated carbocycles. The number of rotatable bonds is 6. The normalized spacial score (nSPS) is 22.5. The first kappa shape index (κ1) is 20.1. The van der Waals surface area contributed by atoms with Gasteiger partial charge in [-0.1, -0.05) is 20.8 Å². The van der Waals surface area contributed by atoms with Crippen LogP contribution in [0.4, 0.5) is 0 Å². The number of carbonyl (C=O) groups is 1. The number of sulfone groups is 1. The van der Waals surface area contributed by atoms with E-state index in [1.54, 1.807) is 12.5 Å². The van der Waals surface area contributed by atoms with Gasteiger partial charge in [0.1, 0.15) is 5.69 Å². The fourth-order valence-corrected chi connectivity index (χ4v) is 5.53. The Kier molecular flexibility index (Phi) is 5.04. The summed E-state index contributed by atoms with van der Waals surface area (Å²) < 4.78 is 27.6. The van der Waals surface area contributed by atoms with Crippen molar-refractivity contribution >= 4 is 15.7 Å². The number of aromatic nitrogens is 4. The zero-order valence-electron chi connectivity index (χ0n) is 17.2. The standard InChI is InChI=1S/C20H29N5O3S/c1-20(2,3)18(11-24-8-7-21-13-24)22-19(26)16-10-17(14-4-5-14)25(23-16)15-6-9-29(27,28)12-15/h7-8,10,13-15,18H,4-6,9,11-12H2,1-3H3,(H,22,26)/t15-,18-/m0/s1. The van der Waals surface area contributed by atoms with E-state index < -0.39 is 9.84 Å². The van der Waals surface area contributed by atoms with Gasteiger partial charge in [-0.15, -0.1) is 0 Å². The molecule has 9 heteroatoms. The van der Waals surface area contributed by atoms with Gasteiger partial charge in [0.15, 0.2) is 9.84 Å². The van der Waals surface area contributed by atoms with E-state index in [-0.39, 0.29) is 34.9 Å². The van der Waals surface area contributed by atoms with E-state index in [0.717, 1.165) is 18.5 Å². The molecule has 0 unspecified atom stereocenters. The van der Waals surface area contributed by atoms with Crippen molar-refractivity contribution in [3.63, 3.8) is 0 Å². The zero-order valence-corrected chi connectivity index (χ0v) is 18.0. The smallest absolute Gasteiger partial charge is 0.272 e. The van der Waals surface area contributed by atoms with Gasteiger partial charge in [0.2, 0.25) is 0 Å². The Bertz CT molecular complexity index is 984. The Morgan fingerprint density at radius 2 is 2.07 bits per heavy atom. The molecule has 1 aliphatic heterocycles. The molecule has 2 aromatic rings.